The van der Waals surface area contributed by atoms with Crippen LogP contribution in [0.3, 0.4) is 0 Å². The van der Waals surface area contributed by atoms with Crippen LogP contribution in [0.15, 0.2) is 18.2 Å². The van der Waals surface area contributed by atoms with Crippen LogP contribution in [0, 0.1) is 12.8 Å². The average molecular weight is 358 g/mol. The topological polar surface area (TPSA) is 122 Å². The van der Waals surface area contributed by atoms with Crippen molar-refractivity contribution in [2.24, 2.45) is 5.92 Å². The van der Waals surface area contributed by atoms with Crippen molar-refractivity contribution in [3.8, 4) is 11.4 Å². The molecule has 0 radical (unpaired) electrons. The fourth-order valence-corrected chi connectivity index (χ4v) is 2.86. The summed E-state index contributed by atoms with van der Waals surface area (Å²) in [5.74, 6) is 0.287. The molecule has 0 bridgehead atoms. The minimum Gasteiger partial charge on any atom is -0.481 e. The Kier molecular flexibility index (Phi) is 5.15. The maximum absolute atomic E-state index is 12.2. The molecular formula is C17H22N6O3. The lowest BCUT2D eigenvalue weighted by Gasteiger charge is -2.14. The van der Waals surface area contributed by atoms with Gasteiger partial charge in [0, 0.05) is 18.5 Å². The fourth-order valence-electron chi connectivity index (χ4n) is 2.86. The number of rotatable bonds is 7. The van der Waals surface area contributed by atoms with Crippen molar-refractivity contribution in [1.29, 1.82) is 0 Å². The molecule has 9 heteroatoms. The Labute approximate surface area is 150 Å². The van der Waals surface area contributed by atoms with Gasteiger partial charge >= 0.3 is 12.0 Å². The van der Waals surface area contributed by atoms with Crippen LogP contribution >= 0.6 is 0 Å². The molecule has 2 aromatic rings. The van der Waals surface area contributed by atoms with Crippen LogP contribution in [0.2, 0.25) is 0 Å². The van der Waals surface area contributed by atoms with Crippen molar-refractivity contribution in [2.75, 3.05) is 11.9 Å². The summed E-state index contributed by atoms with van der Waals surface area (Å²) in [4.78, 5) is 22.7. The van der Waals surface area contributed by atoms with E-state index in [2.05, 4.69) is 33.1 Å². The van der Waals surface area contributed by atoms with Crippen molar-refractivity contribution in [3.05, 3.63) is 23.8 Å². The van der Waals surface area contributed by atoms with E-state index in [1.54, 1.807) is 0 Å². The van der Waals surface area contributed by atoms with Crippen LogP contribution in [0.4, 0.5) is 10.5 Å². The van der Waals surface area contributed by atoms with Gasteiger partial charge in [-0.1, -0.05) is 19.1 Å². The Bertz CT molecular complexity index is 819. The van der Waals surface area contributed by atoms with Crippen molar-refractivity contribution in [3.63, 3.8) is 0 Å². The quantitative estimate of drug-likeness (QED) is 0.652. The Balaban J connectivity index is 1.75. The molecule has 2 amide bonds. The second-order valence-electron chi connectivity index (χ2n) is 6.60. The van der Waals surface area contributed by atoms with Gasteiger partial charge in [-0.15, -0.1) is 5.10 Å². The highest BCUT2D eigenvalue weighted by Gasteiger charge is 2.37. The third-order valence-electron chi connectivity index (χ3n) is 4.48. The Morgan fingerprint density at radius 1 is 1.38 bits per heavy atom. The highest BCUT2D eigenvalue weighted by molar-refractivity contribution is 5.94. The van der Waals surface area contributed by atoms with Gasteiger partial charge in [0.2, 0.25) is 0 Å². The largest absolute Gasteiger partial charge is 0.481 e. The smallest absolute Gasteiger partial charge is 0.319 e. The molecule has 1 fully saturated rings. The average Bonchev–Trinajstić information content (AvgIpc) is 3.12. The highest BCUT2D eigenvalue weighted by Crippen LogP contribution is 2.44. The number of amides is 2. The third-order valence-corrected chi connectivity index (χ3v) is 4.48. The van der Waals surface area contributed by atoms with Crippen LogP contribution < -0.4 is 10.6 Å². The van der Waals surface area contributed by atoms with Crippen LogP contribution in [0.25, 0.3) is 11.4 Å². The number of nitrogens with zero attached hydrogens (tertiary/aromatic N) is 4. The number of hydrogen-bond donors (Lipinski definition) is 3. The lowest BCUT2D eigenvalue weighted by atomic mass is 10.1. The van der Waals surface area contributed by atoms with E-state index in [0.717, 1.165) is 17.5 Å². The summed E-state index contributed by atoms with van der Waals surface area (Å²) in [5.41, 5.74) is 2.30. The first-order valence-corrected chi connectivity index (χ1v) is 8.62. The van der Waals surface area contributed by atoms with Crippen molar-refractivity contribution < 1.29 is 14.7 Å². The maximum Gasteiger partial charge on any atom is 0.319 e. The molecule has 0 aliphatic heterocycles. The highest BCUT2D eigenvalue weighted by atomic mass is 16.4. The number of tetrazole rings is 1. The maximum atomic E-state index is 12.2. The van der Waals surface area contributed by atoms with E-state index in [1.807, 2.05) is 29.8 Å². The molecule has 0 spiro atoms. The lowest BCUT2D eigenvalue weighted by molar-refractivity contribution is -0.137. The number of anilines is 1. The summed E-state index contributed by atoms with van der Waals surface area (Å²) in [6.45, 7) is 4.34. The summed E-state index contributed by atoms with van der Waals surface area (Å²) >= 11 is 0. The number of carboxylic acid groups (broad SMARTS) is 1. The Hall–Kier alpha value is -2.97. The molecule has 0 unspecified atom stereocenters. The van der Waals surface area contributed by atoms with Gasteiger partial charge in [0.05, 0.1) is 11.7 Å². The Morgan fingerprint density at radius 2 is 2.15 bits per heavy atom. The van der Waals surface area contributed by atoms with Crippen LogP contribution in [0.5, 0.6) is 0 Å². The number of hydrogen-bond acceptors (Lipinski definition) is 5. The number of para-hydroxylation sites is 1. The van der Waals surface area contributed by atoms with Crippen LogP contribution in [-0.4, -0.2) is 43.9 Å². The minimum atomic E-state index is -0.880. The molecular weight excluding hydrogens is 336 g/mol. The second kappa shape index (κ2) is 7.51. The van der Waals surface area contributed by atoms with Gasteiger partial charge in [-0.2, -0.15) is 0 Å². The predicted octanol–water partition coefficient (Wildman–Crippen LogP) is 2.22. The van der Waals surface area contributed by atoms with Crippen LogP contribution in [-0.2, 0) is 4.79 Å². The Morgan fingerprint density at radius 3 is 2.85 bits per heavy atom. The molecule has 138 valence electrons. The zero-order valence-electron chi connectivity index (χ0n) is 14.8. The molecule has 9 nitrogen and oxygen atoms in total. The molecule has 26 heavy (non-hydrogen) atoms. The van der Waals surface area contributed by atoms with E-state index >= 15 is 0 Å². The van der Waals surface area contributed by atoms with Crippen molar-refractivity contribution >= 4 is 17.7 Å². The van der Waals surface area contributed by atoms with Crippen LogP contribution in [0.1, 0.15) is 37.8 Å². The van der Waals surface area contributed by atoms with Gasteiger partial charge < -0.3 is 15.7 Å². The molecule has 1 aromatic heterocycles. The number of aromatic nitrogens is 4. The summed E-state index contributed by atoms with van der Waals surface area (Å²) in [5, 5.41) is 26.2. The first kappa shape index (κ1) is 17.8. The molecule has 1 aliphatic carbocycles. The number of benzene rings is 1. The van der Waals surface area contributed by atoms with E-state index in [0.29, 0.717) is 29.9 Å². The van der Waals surface area contributed by atoms with E-state index in [4.69, 9.17) is 5.11 Å². The number of aliphatic carboxylic acids is 1. The molecule has 3 rings (SSSR count). The minimum absolute atomic E-state index is 0.0181. The van der Waals surface area contributed by atoms with E-state index in [1.165, 1.54) is 0 Å². The molecule has 2 atom stereocenters. The predicted molar refractivity (Wildman–Crippen MR) is 94.7 cm³/mol. The normalized spacial score (nSPS) is 18.4. The summed E-state index contributed by atoms with van der Waals surface area (Å²) < 4.78 is 1.81. The summed E-state index contributed by atoms with van der Waals surface area (Å²) in [6, 6.07) is 5.58. The van der Waals surface area contributed by atoms with Gasteiger partial charge in [0.1, 0.15) is 0 Å². The van der Waals surface area contributed by atoms with E-state index in [9.17, 15) is 9.59 Å². The van der Waals surface area contributed by atoms with E-state index in [-0.39, 0.29) is 19.0 Å². The number of carbonyl (C=O) groups is 2. The summed E-state index contributed by atoms with van der Waals surface area (Å²) in [6.07, 6.45) is 1.43. The third kappa shape index (κ3) is 3.98. The number of nitrogens with one attached hydrogen (secondary N) is 2. The number of urea groups is 1. The lowest BCUT2D eigenvalue weighted by Crippen LogP contribution is -2.30. The van der Waals surface area contributed by atoms with Gasteiger partial charge in [0.15, 0.2) is 5.82 Å². The van der Waals surface area contributed by atoms with Gasteiger partial charge in [-0.3, -0.25) is 4.79 Å². The molecule has 1 heterocycles. The molecule has 1 aliphatic rings. The molecule has 3 N–H and O–H groups in total. The molecule has 0 saturated heterocycles. The van der Waals surface area contributed by atoms with Gasteiger partial charge in [-0.25, -0.2) is 9.48 Å². The van der Waals surface area contributed by atoms with Crippen molar-refractivity contribution in [1.82, 2.24) is 25.5 Å². The standard InChI is InChI=1S/C17H22N6O3/c1-10-5-3-6-12(16-20-21-22-23(16)13-9-11(13)2)15(10)19-17(26)18-8-4-7-14(24)25/h3,5-6,11,13H,4,7-9H2,1-2H3,(H,24,25)(H2,18,19,26)/t11-,13-/m1/s1. The number of aryl methyl sites for hydroxylation is 1. The SMILES string of the molecule is Cc1cccc(-c2nnnn2[C@@H]2C[C@H]2C)c1NC(=O)NCCCC(=O)O. The van der Waals surface area contributed by atoms with Crippen molar-refractivity contribution in [2.45, 2.75) is 39.2 Å². The number of carbonyl (C=O) groups excluding carboxylic acids is 1. The van der Waals surface area contributed by atoms with Gasteiger partial charge in [-0.05, 0) is 47.7 Å². The van der Waals surface area contributed by atoms with Gasteiger partial charge in [0.25, 0.3) is 0 Å². The van der Waals surface area contributed by atoms with E-state index < -0.39 is 5.97 Å². The summed E-state index contributed by atoms with van der Waals surface area (Å²) in [7, 11) is 0. The second-order valence-corrected chi connectivity index (χ2v) is 6.60. The zero-order chi connectivity index (χ0) is 18.7. The first-order chi connectivity index (χ1) is 12.5. The first-order valence-electron chi connectivity index (χ1n) is 8.62. The molecule has 1 aromatic carbocycles. The molecule has 1 saturated carbocycles. The number of carboxylic acids is 1. The fraction of sp³-hybridized carbons (Fsp3) is 0.471. The zero-order valence-corrected chi connectivity index (χ0v) is 14.8. The monoisotopic (exact) mass is 358 g/mol.